The predicted octanol–water partition coefficient (Wildman–Crippen LogP) is 10.5. The predicted molar refractivity (Wildman–Crippen MR) is 245 cm³/mol. The summed E-state index contributed by atoms with van der Waals surface area (Å²) in [6.45, 7) is 0. The fourth-order valence-electron chi connectivity index (χ4n) is 6.33. The van der Waals surface area contributed by atoms with Crippen molar-refractivity contribution in [3.05, 3.63) is 175 Å². The molecule has 8 aromatic carbocycles. The number of hydrogen-bond donors (Lipinski definition) is 7. The number of nitrogens with two attached hydrogens (primary N) is 1. The lowest BCUT2D eigenvalue weighted by atomic mass is 10.1. The maximum atomic E-state index is 12.5. The van der Waals surface area contributed by atoms with Crippen LogP contribution in [0, 0.1) is 0 Å². The average molecular weight is 910 g/mol. The number of carbonyl (C=O) groups excluding carboxylic acids is 2. The molecule has 0 heterocycles. The third kappa shape index (κ3) is 10.8. The number of nitrogen functional groups attached to an aromatic ring is 1. The van der Waals surface area contributed by atoms with Gasteiger partial charge in [-0.2, -0.15) is 27.1 Å². The van der Waals surface area contributed by atoms with E-state index in [1.54, 1.807) is 115 Å². The lowest BCUT2D eigenvalue weighted by Gasteiger charge is -2.11. The third-order valence-electron chi connectivity index (χ3n) is 9.40. The summed E-state index contributed by atoms with van der Waals surface area (Å²) >= 11 is 0. The van der Waals surface area contributed by atoms with E-state index in [1.165, 1.54) is 42.5 Å². The molecule has 0 aliphatic rings. The summed E-state index contributed by atoms with van der Waals surface area (Å²) in [6, 6.07) is 43.4. The number of azo groups is 2. The number of aromatic hydroxyl groups is 2. The van der Waals surface area contributed by atoms with Gasteiger partial charge in [0.2, 0.25) is 0 Å². The Morgan fingerprint density at radius 1 is 0.462 bits per heavy atom. The summed E-state index contributed by atoms with van der Waals surface area (Å²) in [5.41, 5.74) is 7.74. The molecule has 0 unspecified atom stereocenters. The van der Waals surface area contributed by atoms with E-state index in [0.717, 1.165) is 6.07 Å². The minimum absolute atomic E-state index is 0.254. The summed E-state index contributed by atoms with van der Waals surface area (Å²) in [5.74, 6) is -1.71. The fraction of sp³-hybridized carbons (Fsp3) is 0. The van der Waals surface area contributed by atoms with Crippen LogP contribution in [0.1, 0.15) is 20.7 Å². The maximum absolute atomic E-state index is 12.5. The standard InChI is InChI=1S/C23H18N4O5S.C23H17N3O5S/c24-16-6-4-5-14(11-16)23(29)25-18-9-10-19-15(12-18)13-20(33(30,31)32)21(22(19)28)27-26-17-7-2-1-3-8-17;27-22-19-12-11-18(24-23(28)15-7-3-1-4-8-15)13-16(19)14-20(32(29,30)31)21(22)26-25-17-9-5-2-6-10-17/h1-13,28H,24H2,(H,25,29)(H,30,31,32);1-14,27H,(H,24,28)(H,29,30,31). The van der Waals surface area contributed by atoms with Crippen molar-refractivity contribution < 1.29 is 45.7 Å². The highest BCUT2D eigenvalue weighted by atomic mass is 32.2. The average Bonchev–Trinajstić information content (AvgIpc) is 3.28. The SMILES string of the molecule is Nc1cccc(C(=O)Nc2ccc3c(O)c(N=Nc4ccccc4)c(S(=O)(=O)O)cc3c2)c1.O=C(Nc1ccc2c(O)c(N=Nc3ccccc3)c(S(=O)(=O)O)cc2c1)c1ccccc1. The van der Waals surface area contributed by atoms with E-state index in [9.17, 15) is 45.7 Å². The molecule has 2 amide bonds. The smallest absolute Gasteiger partial charge is 0.296 e. The van der Waals surface area contributed by atoms with Gasteiger partial charge in [0.1, 0.15) is 21.2 Å². The molecule has 0 fully saturated rings. The highest BCUT2D eigenvalue weighted by Crippen LogP contribution is 2.43. The zero-order chi connectivity index (χ0) is 46.3. The topological polar surface area (TPSA) is 283 Å². The first-order valence-corrected chi connectivity index (χ1v) is 21.9. The van der Waals surface area contributed by atoms with Gasteiger partial charge < -0.3 is 26.6 Å². The van der Waals surface area contributed by atoms with Crippen LogP contribution in [0.25, 0.3) is 21.5 Å². The largest absolute Gasteiger partial charge is 0.505 e. The van der Waals surface area contributed by atoms with Gasteiger partial charge in [0, 0.05) is 39.0 Å². The second kappa shape index (κ2) is 18.9. The lowest BCUT2D eigenvalue weighted by molar-refractivity contribution is 0.101. The molecule has 0 saturated carbocycles. The number of fused-ring (bicyclic) bond motifs is 2. The van der Waals surface area contributed by atoms with E-state index in [-0.39, 0.29) is 33.1 Å². The van der Waals surface area contributed by atoms with E-state index < -0.39 is 53.1 Å². The number of anilines is 3. The van der Waals surface area contributed by atoms with Crippen molar-refractivity contribution in [2.24, 2.45) is 20.5 Å². The van der Waals surface area contributed by atoms with Crippen molar-refractivity contribution in [1.82, 2.24) is 0 Å². The van der Waals surface area contributed by atoms with Crippen molar-refractivity contribution in [3.8, 4) is 11.5 Å². The number of benzene rings is 8. The molecule has 19 heteroatoms. The second-order valence-corrected chi connectivity index (χ2v) is 16.7. The molecule has 326 valence electrons. The Bertz CT molecular complexity index is 3390. The van der Waals surface area contributed by atoms with Crippen molar-refractivity contribution >= 4 is 93.4 Å². The number of hydrogen-bond acceptors (Lipinski definition) is 13. The molecular weight excluding hydrogens is 875 g/mol. The zero-order valence-corrected chi connectivity index (χ0v) is 35.1. The molecule has 8 rings (SSSR count). The molecule has 0 atom stereocenters. The number of phenols is 2. The van der Waals surface area contributed by atoms with E-state index in [0.29, 0.717) is 39.6 Å². The summed E-state index contributed by atoms with van der Waals surface area (Å²) in [4.78, 5) is 23.7. The first-order valence-electron chi connectivity index (χ1n) is 19.1. The number of phenolic OH excluding ortho intramolecular Hbond substituents is 2. The molecule has 0 radical (unpaired) electrons. The molecular formula is C46H35N7O10S2. The van der Waals surface area contributed by atoms with E-state index in [1.807, 2.05) is 0 Å². The summed E-state index contributed by atoms with van der Waals surface area (Å²) in [7, 11) is -9.48. The van der Waals surface area contributed by atoms with E-state index in [4.69, 9.17) is 5.73 Å². The van der Waals surface area contributed by atoms with Crippen LogP contribution in [0.5, 0.6) is 11.5 Å². The van der Waals surface area contributed by atoms with Crippen LogP contribution in [0.3, 0.4) is 0 Å². The van der Waals surface area contributed by atoms with Gasteiger partial charge in [0.25, 0.3) is 32.1 Å². The number of rotatable bonds is 10. The molecule has 0 bridgehead atoms. The molecule has 8 aromatic rings. The van der Waals surface area contributed by atoms with Gasteiger partial charge in [-0.05, 0) is 114 Å². The Labute approximate surface area is 370 Å². The van der Waals surface area contributed by atoms with Crippen molar-refractivity contribution in [2.75, 3.05) is 16.4 Å². The van der Waals surface area contributed by atoms with Gasteiger partial charge in [-0.25, -0.2) is 0 Å². The first kappa shape index (κ1) is 44.7. The summed E-state index contributed by atoms with van der Waals surface area (Å²) in [5, 5.41) is 43.5. The Kier molecular flexibility index (Phi) is 13.0. The lowest BCUT2D eigenvalue weighted by Crippen LogP contribution is -2.12. The first-order chi connectivity index (χ1) is 31.0. The summed E-state index contributed by atoms with van der Waals surface area (Å²) in [6.07, 6.45) is 0. The van der Waals surface area contributed by atoms with E-state index in [2.05, 4.69) is 31.1 Å². The van der Waals surface area contributed by atoms with Crippen LogP contribution in [0.15, 0.2) is 194 Å². The number of amides is 2. The maximum Gasteiger partial charge on any atom is 0.296 e. The minimum Gasteiger partial charge on any atom is -0.505 e. The quantitative estimate of drug-likeness (QED) is 0.0385. The van der Waals surface area contributed by atoms with Gasteiger partial charge in [-0.1, -0.05) is 60.7 Å². The molecule has 17 nitrogen and oxygen atoms in total. The van der Waals surface area contributed by atoms with Crippen LogP contribution in [-0.4, -0.2) is 48.0 Å². The number of carbonyl (C=O) groups is 2. The second-order valence-electron chi connectivity index (χ2n) is 13.9. The minimum atomic E-state index is -4.75. The molecule has 65 heavy (non-hydrogen) atoms. The van der Waals surface area contributed by atoms with Crippen LogP contribution in [0.2, 0.25) is 0 Å². The van der Waals surface area contributed by atoms with Crippen LogP contribution in [0.4, 0.5) is 39.8 Å². The van der Waals surface area contributed by atoms with Crippen molar-refractivity contribution in [3.63, 3.8) is 0 Å². The fourth-order valence-corrected chi connectivity index (χ4v) is 7.64. The molecule has 0 aliphatic carbocycles. The van der Waals surface area contributed by atoms with Crippen LogP contribution < -0.4 is 16.4 Å². The van der Waals surface area contributed by atoms with Gasteiger partial charge in [0.15, 0.2) is 11.5 Å². The number of nitrogens with one attached hydrogen (secondary N) is 2. The Morgan fingerprint density at radius 3 is 1.28 bits per heavy atom. The summed E-state index contributed by atoms with van der Waals surface area (Å²) < 4.78 is 67.4. The Morgan fingerprint density at radius 2 is 0.862 bits per heavy atom. The van der Waals surface area contributed by atoms with Crippen LogP contribution in [-0.2, 0) is 20.2 Å². The number of nitrogens with zero attached hydrogens (tertiary/aromatic N) is 4. The van der Waals surface area contributed by atoms with Gasteiger partial charge in [-0.3, -0.25) is 18.7 Å². The van der Waals surface area contributed by atoms with Crippen molar-refractivity contribution in [1.29, 1.82) is 0 Å². The van der Waals surface area contributed by atoms with E-state index >= 15 is 0 Å². The third-order valence-corrected chi connectivity index (χ3v) is 11.1. The molecule has 8 N–H and O–H groups in total. The molecule has 0 aromatic heterocycles. The molecule has 0 aliphatic heterocycles. The zero-order valence-electron chi connectivity index (χ0n) is 33.5. The van der Waals surface area contributed by atoms with Crippen LogP contribution >= 0.6 is 0 Å². The Balaban J connectivity index is 0.000000194. The molecule has 0 saturated heterocycles. The van der Waals surface area contributed by atoms with Gasteiger partial charge >= 0.3 is 0 Å². The Hall–Kier alpha value is -8.36. The van der Waals surface area contributed by atoms with Gasteiger partial charge in [0.05, 0.1) is 11.4 Å². The van der Waals surface area contributed by atoms with Crippen molar-refractivity contribution in [2.45, 2.75) is 9.79 Å². The van der Waals surface area contributed by atoms with Gasteiger partial charge in [-0.15, -0.1) is 10.2 Å². The molecule has 0 spiro atoms. The monoisotopic (exact) mass is 909 g/mol. The highest BCUT2D eigenvalue weighted by molar-refractivity contribution is 7.86. The normalized spacial score (nSPS) is 11.7. The highest BCUT2D eigenvalue weighted by Gasteiger charge is 2.24.